The van der Waals surface area contributed by atoms with Gasteiger partial charge in [-0.3, -0.25) is 0 Å². The third-order valence-corrected chi connectivity index (χ3v) is 3.96. The van der Waals surface area contributed by atoms with Crippen molar-refractivity contribution >= 4 is 33.5 Å². The van der Waals surface area contributed by atoms with Gasteiger partial charge in [-0.15, -0.1) is 0 Å². The van der Waals surface area contributed by atoms with Gasteiger partial charge in [0.1, 0.15) is 5.76 Å². The average Bonchev–Trinajstić information content (AvgIpc) is 3.06. The molecule has 3 heterocycles. The van der Waals surface area contributed by atoms with E-state index in [-0.39, 0.29) is 5.76 Å². The van der Waals surface area contributed by atoms with E-state index in [1.807, 2.05) is 23.0 Å². The minimum Gasteiger partial charge on any atom is -0.465 e. The summed E-state index contributed by atoms with van der Waals surface area (Å²) in [5, 5.41) is 4.03. The van der Waals surface area contributed by atoms with E-state index >= 15 is 0 Å². The van der Waals surface area contributed by atoms with E-state index in [1.165, 1.54) is 12.3 Å². The summed E-state index contributed by atoms with van der Waals surface area (Å²) in [5.74, 6) is -1.34. The lowest BCUT2D eigenvalue weighted by atomic mass is 10.3. The van der Waals surface area contributed by atoms with E-state index < -0.39 is 22.4 Å². The number of hydrogen-bond acceptors (Lipinski definition) is 5. The molecule has 6 heteroatoms. The molecule has 1 fully saturated rings. The van der Waals surface area contributed by atoms with Gasteiger partial charge in [0, 0.05) is 6.08 Å². The predicted octanol–water partition coefficient (Wildman–Crippen LogP) is 2.16. The second-order valence-electron chi connectivity index (χ2n) is 3.62. The van der Waals surface area contributed by atoms with E-state index in [9.17, 15) is 9.59 Å². The molecule has 0 unspecified atom stereocenters. The molecular weight excluding hydrogens is 268 g/mol. The number of hydrogen-bond donors (Lipinski definition) is 0. The van der Waals surface area contributed by atoms with Crippen LogP contribution in [0.2, 0.25) is 0 Å². The second-order valence-corrected chi connectivity index (χ2v) is 5.28. The van der Waals surface area contributed by atoms with Gasteiger partial charge in [-0.1, -0.05) is 22.6 Å². The quantitative estimate of drug-likeness (QED) is 0.340. The van der Waals surface area contributed by atoms with E-state index in [2.05, 4.69) is 0 Å². The highest BCUT2D eigenvalue weighted by Crippen LogP contribution is 2.30. The Kier molecular flexibility index (Phi) is 2.92. The zero-order valence-electron chi connectivity index (χ0n) is 9.57. The number of carbonyl (C=O) groups excluding carboxylic acids is 2. The standard InChI is InChI=1S/C13H8O5S/c14-11-12(15)18-13(19-6-1-2-7-19)10(17-11)8-9-4-3-5-16-9/h1-8H. The van der Waals surface area contributed by atoms with Gasteiger partial charge >= 0.3 is 11.9 Å². The topological polar surface area (TPSA) is 65.7 Å². The maximum Gasteiger partial charge on any atom is 0.423 e. The molecule has 96 valence electrons. The summed E-state index contributed by atoms with van der Waals surface area (Å²) < 4.78 is 15.2. The third kappa shape index (κ3) is 2.30. The lowest BCUT2D eigenvalue weighted by molar-refractivity contribution is -0.162. The first-order valence-electron chi connectivity index (χ1n) is 5.37. The number of allylic oxidation sites excluding steroid dienone is 2. The fourth-order valence-electron chi connectivity index (χ4n) is 1.54. The van der Waals surface area contributed by atoms with E-state index in [4.69, 9.17) is 13.9 Å². The molecule has 19 heavy (non-hydrogen) atoms. The monoisotopic (exact) mass is 276 g/mol. The molecule has 2 aliphatic heterocycles. The first kappa shape index (κ1) is 11.7. The Morgan fingerprint density at radius 2 is 1.79 bits per heavy atom. The summed E-state index contributed by atoms with van der Waals surface area (Å²) in [7, 11) is -0.516. The first-order chi connectivity index (χ1) is 9.24. The SMILES string of the molecule is O=C1OC(=Cc2ccco2)C(=S2C=CC=C2)OC1=O. The van der Waals surface area contributed by atoms with Crippen molar-refractivity contribution in [2.24, 2.45) is 0 Å². The smallest absolute Gasteiger partial charge is 0.423 e. The number of carbonyl (C=O) groups is 2. The van der Waals surface area contributed by atoms with Crippen LogP contribution in [0.25, 0.3) is 6.08 Å². The molecule has 1 saturated heterocycles. The van der Waals surface area contributed by atoms with Crippen molar-refractivity contribution in [1.29, 1.82) is 0 Å². The van der Waals surface area contributed by atoms with Gasteiger partial charge < -0.3 is 13.9 Å². The van der Waals surface area contributed by atoms with Crippen LogP contribution < -0.4 is 0 Å². The Balaban J connectivity index is 2.06. The lowest BCUT2D eigenvalue weighted by Gasteiger charge is -2.18. The molecule has 5 nitrogen and oxygen atoms in total. The Bertz CT molecular complexity index is 647. The molecule has 3 rings (SSSR count). The predicted molar refractivity (Wildman–Crippen MR) is 69.7 cm³/mol. The molecule has 0 saturated carbocycles. The maximum atomic E-state index is 11.3. The third-order valence-electron chi connectivity index (χ3n) is 2.35. The summed E-state index contributed by atoms with van der Waals surface area (Å²) in [5.41, 5.74) is 0. The second kappa shape index (κ2) is 4.74. The van der Waals surface area contributed by atoms with E-state index in [0.717, 1.165) is 0 Å². The van der Waals surface area contributed by atoms with E-state index in [1.54, 1.807) is 12.1 Å². The molecule has 2 aliphatic rings. The maximum absolute atomic E-state index is 11.3. The Morgan fingerprint density at radius 1 is 1.05 bits per heavy atom. The van der Waals surface area contributed by atoms with E-state index in [0.29, 0.717) is 10.8 Å². The lowest BCUT2D eigenvalue weighted by Crippen LogP contribution is -2.31. The van der Waals surface area contributed by atoms with Crippen LogP contribution in [0, 0.1) is 0 Å². The summed E-state index contributed by atoms with van der Waals surface area (Å²) in [6, 6.07) is 3.42. The first-order valence-corrected chi connectivity index (χ1v) is 6.72. The van der Waals surface area contributed by atoms with Gasteiger partial charge in [0.05, 0.1) is 6.26 Å². The highest BCUT2D eigenvalue weighted by molar-refractivity contribution is 8.21. The van der Waals surface area contributed by atoms with Gasteiger partial charge in [-0.05, 0) is 22.9 Å². The highest BCUT2D eigenvalue weighted by Gasteiger charge is 2.32. The van der Waals surface area contributed by atoms with Crippen LogP contribution in [-0.2, 0) is 19.1 Å². The molecule has 0 radical (unpaired) electrons. The Labute approximate surface area is 110 Å². The van der Waals surface area contributed by atoms with Crippen molar-refractivity contribution in [2.75, 3.05) is 0 Å². The normalized spacial score (nSPS) is 21.1. The van der Waals surface area contributed by atoms with Crippen molar-refractivity contribution in [2.45, 2.75) is 0 Å². The van der Waals surface area contributed by atoms with Crippen molar-refractivity contribution in [3.63, 3.8) is 0 Å². The summed E-state index contributed by atoms with van der Waals surface area (Å²) in [4.78, 5) is 22.6. The fourth-order valence-corrected chi connectivity index (χ4v) is 2.91. The van der Waals surface area contributed by atoms with Crippen LogP contribution in [0.5, 0.6) is 0 Å². The number of esters is 2. The van der Waals surface area contributed by atoms with Crippen LogP contribution in [-0.4, -0.2) is 17.0 Å². The molecule has 0 spiro atoms. The molecule has 0 atom stereocenters. The molecule has 0 N–H and O–H groups in total. The van der Waals surface area contributed by atoms with Crippen molar-refractivity contribution in [3.8, 4) is 0 Å². The van der Waals surface area contributed by atoms with Crippen LogP contribution in [0.3, 0.4) is 0 Å². The average molecular weight is 276 g/mol. The fraction of sp³-hybridized carbons (Fsp3) is 0. The number of rotatable bonds is 1. The molecule has 0 bridgehead atoms. The van der Waals surface area contributed by atoms with Gasteiger partial charge in [-0.25, -0.2) is 9.59 Å². The minimum absolute atomic E-state index is 0.194. The Morgan fingerprint density at radius 3 is 2.47 bits per heavy atom. The molecule has 1 aromatic rings. The van der Waals surface area contributed by atoms with Crippen LogP contribution in [0.4, 0.5) is 0 Å². The summed E-state index contributed by atoms with van der Waals surface area (Å²) in [6.07, 6.45) is 6.70. The van der Waals surface area contributed by atoms with Crippen LogP contribution >= 0.6 is 10.5 Å². The van der Waals surface area contributed by atoms with Crippen molar-refractivity contribution in [3.05, 3.63) is 52.9 Å². The molecule has 0 amide bonds. The largest absolute Gasteiger partial charge is 0.465 e. The van der Waals surface area contributed by atoms with Crippen molar-refractivity contribution < 1.29 is 23.5 Å². The summed E-state index contributed by atoms with van der Waals surface area (Å²) >= 11 is 0. The van der Waals surface area contributed by atoms with Crippen LogP contribution in [0.1, 0.15) is 5.76 Å². The van der Waals surface area contributed by atoms with Gasteiger partial charge in [-0.2, -0.15) is 0 Å². The van der Waals surface area contributed by atoms with Gasteiger partial charge in [0.25, 0.3) is 0 Å². The van der Waals surface area contributed by atoms with Crippen molar-refractivity contribution in [1.82, 2.24) is 0 Å². The zero-order chi connectivity index (χ0) is 13.2. The number of ether oxygens (including phenoxy) is 2. The van der Waals surface area contributed by atoms with Crippen LogP contribution in [0.15, 0.2) is 51.5 Å². The molecule has 0 aromatic carbocycles. The zero-order valence-corrected chi connectivity index (χ0v) is 10.4. The number of cyclic esters (lactones) is 2. The van der Waals surface area contributed by atoms with Gasteiger partial charge in [0.15, 0.2) is 5.76 Å². The Hall–Kier alpha value is -2.34. The van der Waals surface area contributed by atoms with Gasteiger partial charge in [0.2, 0.25) is 5.05 Å². The molecular formula is C13H8O5S. The number of furan rings is 1. The highest BCUT2D eigenvalue weighted by atomic mass is 32.2. The summed E-state index contributed by atoms with van der Waals surface area (Å²) in [6.45, 7) is 0. The molecule has 1 aromatic heterocycles. The minimum atomic E-state index is -1.03. The molecule has 0 aliphatic carbocycles.